The van der Waals surface area contributed by atoms with E-state index < -0.39 is 25.0 Å². The Morgan fingerprint density at radius 3 is 1.57 bits per heavy atom. The van der Waals surface area contributed by atoms with E-state index in [9.17, 15) is 0 Å². The Bertz CT molecular complexity index is 937. The first-order valence-electron chi connectivity index (χ1n) is 19.0. The van der Waals surface area contributed by atoms with Crippen LogP contribution >= 0.6 is 22.6 Å². The first-order valence-corrected chi connectivity index (χ1v) is 28.6. The number of hydrogen-bond acceptors (Lipinski definition) is 3. The Labute approximate surface area is 312 Å². The minimum absolute atomic E-state index is 0.130. The molecule has 47 heavy (non-hydrogen) atoms. The highest BCUT2D eigenvalue weighted by molar-refractivity contribution is 14.1. The van der Waals surface area contributed by atoms with Gasteiger partial charge in [0.2, 0.25) is 0 Å². The lowest BCUT2D eigenvalue weighted by Crippen LogP contribution is -2.51. The minimum Gasteiger partial charge on any atom is -0.414 e. The molecule has 0 aromatic rings. The second-order valence-corrected chi connectivity index (χ2v) is 33.0. The fourth-order valence-electron chi connectivity index (χ4n) is 6.36. The van der Waals surface area contributed by atoms with Gasteiger partial charge < -0.3 is 13.3 Å². The fraction of sp³-hybridized carbons (Fsp3) is 0.850. The van der Waals surface area contributed by atoms with Crippen molar-refractivity contribution in [1.29, 1.82) is 0 Å². The van der Waals surface area contributed by atoms with Crippen molar-refractivity contribution in [3.63, 3.8) is 0 Å². The summed E-state index contributed by atoms with van der Waals surface area (Å²) >= 11 is 2.36. The molecule has 0 aliphatic rings. The highest BCUT2D eigenvalue weighted by Gasteiger charge is 2.44. The van der Waals surface area contributed by atoms with Gasteiger partial charge in [0.25, 0.3) is 0 Å². The predicted octanol–water partition coefficient (Wildman–Crippen LogP) is 14.2. The van der Waals surface area contributed by atoms with Crippen LogP contribution in [0.4, 0.5) is 0 Å². The monoisotopic (exact) mass is 820 g/mol. The largest absolute Gasteiger partial charge is 0.414 e. The Morgan fingerprint density at radius 2 is 1.15 bits per heavy atom. The fourth-order valence-corrected chi connectivity index (χ4v) is 12.9. The molecule has 0 saturated carbocycles. The van der Waals surface area contributed by atoms with E-state index in [1.807, 2.05) is 6.08 Å². The molecule has 8 atom stereocenters. The van der Waals surface area contributed by atoms with Crippen LogP contribution in [0.3, 0.4) is 0 Å². The van der Waals surface area contributed by atoms with Crippen molar-refractivity contribution in [1.82, 2.24) is 0 Å². The maximum Gasteiger partial charge on any atom is 0.192 e. The van der Waals surface area contributed by atoms with Crippen molar-refractivity contribution in [2.75, 3.05) is 0 Å². The van der Waals surface area contributed by atoms with Gasteiger partial charge in [-0.3, -0.25) is 0 Å². The summed E-state index contributed by atoms with van der Waals surface area (Å²) in [4.78, 5) is 0. The van der Waals surface area contributed by atoms with Crippen LogP contribution in [0, 0.1) is 29.6 Å². The second kappa shape index (κ2) is 20.5. The first kappa shape index (κ1) is 47.5. The minimum atomic E-state index is -2.01. The van der Waals surface area contributed by atoms with Gasteiger partial charge in [-0.15, -0.1) is 0 Å². The smallest absolute Gasteiger partial charge is 0.192 e. The summed E-state index contributed by atoms with van der Waals surface area (Å²) in [5.74, 6) is 2.03. The van der Waals surface area contributed by atoms with Crippen LogP contribution in [0.15, 0.2) is 35.0 Å². The molecule has 0 fully saturated rings. The average Bonchev–Trinajstić information content (AvgIpc) is 2.96. The lowest BCUT2D eigenvalue weighted by atomic mass is 9.83. The number of hydrogen-bond donors (Lipinski definition) is 0. The summed E-state index contributed by atoms with van der Waals surface area (Å²) in [6.45, 7) is 46.8. The van der Waals surface area contributed by atoms with Gasteiger partial charge in [0.1, 0.15) is 0 Å². The maximum atomic E-state index is 7.39. The molecule has 0 rings (SSSR count). The normalized spacial score (nSPS) is 19.4. The van der Waals surface area contributed by atoms with E-state index >= 15 is 0 Å². The molecular formula is C40H81IO3Si3. The second-order valence-electron chi connectivity index (χ2n) is 18.0. The van der Waals surface area contributed by atoms with Gasteiger partial charge in [-0.2, -0.15) is 0 Å². The van der Waals surface area contributed by atoms with Gasteiger partial charge in [-0.25, -0.2) is 0 Å². The standard InChI is InChI=1S/C40H81IO3Si3/c1-20-24-25-32(6)38(44-47(21-2,22-3)23-4)35(9)36(42-45(16,17)39(10,11)12)27-26-31(5)30-34(8)37(33(7)28-29-41)43-46(18,19)40(13,14)15/h20,24-25,28-29,31-38H,1,21-23,26-27,30H2,2-19H3/b25-24-,29-28-/t31-,32-,33-,34-,35-,36+,37-,38-/m0/s1. The summed E-state index contributed by atoms with van der Waals surface area (Å²) in [6, 6.07) is 3.48. The summed E-state index contributed by atoms with van der Waals surface area (Å²) in [5.41, 5.74) is 0. The lowest BCUT2D eigenvalue weighted by Gasteiger charge is -2.45. The molecule has 0 aromatic carbocycles. The van der Waals surface area contributed by atoms with E-state index in [4.69, 9.17) is 13.3 Å². The first-order chi connectivity index (χ1) is 21.4. The third-order valence-corrected chi connectivity index (χ3v) is 26.2. The zero-order chi connectivity index (χ0) is 37.0. The van der Waals surface area contributed by atoms with Crippen LogP contribution in [0.2, 0.25) is 54.4 Å². The van der Waals surface area contributed by atoms with Gasteiger partial charge in [0, 0.05) is 5.92 Å². The average molecular weight is 821 g/mol. The Balaban J connectivity index is 6.43. The van der Waals surface area contributed by atoms with Crippen LogP contribution < -0.4 is 0 Å². The summed E-state index contributed by atoms with van der Waals surface area (Å²) in [7, 11) is -5.76. The van der Waals surface area contributed by atoms with Crippen LogP contribution in [0.25, 0.3) is 0 Å². The van der Waals surface area contributed by atoms with Gasteiger partial charge in [-0.1, -0.05) is 150 Å². The van der Waals surface area contributed by atoms with Crippen LogP contribution in [-0.2, 0) is 13.3 Å². The molecule has 0 unspecified atom stereocenters. The van der Waals surface area contributed by atoms with Gasteiger partial charge >= 0.3 is 0 Å². The third-order valence-electron chi connectivity index (χ3n) is 12.2. The van der Waals surface area contributed by atoms with E-state index in [2.05, 4.69) is 175 Å². The Kier molecular flexibility index (Phi) is 20.7. The maximum absolute atomic E-state index is 7.39. The van der Waals surface area contributed by atoms with E-state index in [-0.39, 0.29) is 28.4 Å². The van der Waals surface area contributed by atoms with E-state index in [1.165, 1.54) is 0 Å². The molecule has 0 aromatic heterocycles. The Morgan fingerprint density at radius 1 is 0.681 bits per heavy atom. The molecule has 0 aliphatic carbocycles. The van der Waals surface area contributed by atoms with Crippen molar-refractivity contribution in [2.24, 2.45) is 29.6 Å². The molecule has 0 amide bonds. The molecule has 0 bridgehead atoms. The van der Waals surface area contributed by atoms with Crippen LogP contribution in [0.5, 0.6) is 0 Å². The molecule has 0 heterocycles. The van der Waals surface area contributed by atoms with Gasteiger partial charge in [0.15, 0.2) is 25.0 Å². The molecule has 0 saturated heterocycles. The molecule has 7 heteroatoms. The SMILES string of the molecule is C=C/C=C\[C@H](C)[C@H](O[Si](CC)(CC)CC)[C@@H](C)[C@@H](CC[C@H](C)C[C@H](C)[C@@H](O[Si](C)(C)C(C)(C)C)[C@@H](C)/C=C\I)O[Si](C)(C)C(C)(C)C. The molecule has 278 valence electrons. The van der Waals surface area contributed by atoms with Gasteiger partial charge in [0.05, 0.1) is 18.3 Å². The third kappa shape index (κ3) is 14.9. The van der Waals surface area contributed by atoms with Crippen molar-refractivity contribution in [3.8, 4) is 0 Å². The molecular weight excluding hydrogens is 740 g/mol. The highest BCUT2D eigenvalue weighted by atomic mass is 127. The van der Waals surface area contributed by atoms with Crippen LogP contribution in [-0.4, -0.2) is 43.3 Å². The molecule has 0 radical (unpaired) electrons. The quantitative estimate of drug-likeness (QED) is 0.0619. The van der Waals surface area contributed by atoms with Crippen molar-refractivity contribution in [2.45, 2.75) is 189 Å². The molecule has 0 N–H and O–H groups in total. The van der Waals surface area contributed by atoms with E-state index in [0.29, 0.717) is 29.6 Å². The van der Waals surface area contributed by atoms with Crippen molar-refractivity contribution in [3.05, 3.63) is 35.0 Å². The molecule has 0 aliphatic heterocycles. The van der Waals surface area contributed by atoms with Crippen molar-refractivity contribution < 1.29 is 13.3 Å². The summed E-state index contributed by atoms with van der Waals surface area (Å²) in [5, 5.41) is 0.348. The summed E-state index contributed by atoms with van der Waals surface area (Å²) in [6.07, 6.45) is 12.5. The number of rotatable bonds is 22. The van der Waals surface area contributed by atoms with E-state index in [0.717, 1.165) is 37.4 Å². The molecule has 3 nitrogen and oxygen atoms in total. The van der Waals surface area contributed by atoms with Crippen molar-refractivity contribution >= 4 is 47.5 Å². The van der Waals surface area contributed by atoms with Gasteiger partial charge in [-0.05, 0) is 101 Å². The highest BCUT2D eigenvalue weighted by Crippen LogP contribution is 2.42. The predicted molar refractivity (Wildman–Crippen MR) is 228 cm³/mol. The zero-order valence-corrected chi connectivity index (χ0v) is 39.7. The number of halogens is 1. The summed E-state index contributed by atoms with van der Waals surface area (Å²) < 4.78 is 24.1. The van der Waals surface area contributed by atoms with Crippen LogP contribution in [0.1, 0.15) is 116 Å². The van der Waals surface area contributed by atoms with E-state index in [1.54, 1.807) is 0 Å². The zero-order valence-electron chi connectivity index (χ0n) is 34.6. The number of allylic oxidation sites excluding steroid dienone is 2. The Hall–Kier alpha value is 0.481. The lowest BCUT2D eigenvalue weighted by molar-refractivity contribution is 0.0111. The molecule has 0 spiro atoms. The topological polar surface area (TPSA) is 27.7 Å².